The number of furan rings is 1. The Morgan fingerprint density at radius 1 is 1.09 bits per heavy atom. The Hall–Kier alpha value is -4.86. The molecule has 2 aliphatic carbocycles. The molecule has 16 heteroatoms. The van der Waals surface area contributed by atoms with E-state index in [0.29, 0.717) is 55.5 Å². The number of nitrogens with zero attached hydrogens (tertiary/aromatic N) is 3. The van der Waals surface area contributed by atoms with E-state index < -0.39 is 74.4 Å². The Morgan fingerprint density at radius 2 is 1.91 bits per heavy atom. The molecule has 2 aliphatic heterocycles. The fraction of sp³-hybridized carbons (Fsp3) is 0.514. The number of aromatic nitrogens is 2. The predicted octanol–water partition coefficient (Wildman–Crippen LogP) is 3.38. The number of ether oxygens (including phenoxy) is 1. The molecule has 3 aromatic rings. The van der Waals surface area contributed by atoms with E-state index in [4.69, 9.17) is 9.15 Å². The summed E-state index contributed by atoms with van der Waals surface area (Å²) in [6.07, 6.45) is 7.60. The first-order valence-electron chi connectivity index (χ1n) is 18.2. The van der Waals surface area contributed by atoms with Gasteiger partial charge in [-0.05, 0) is 76.1 Å². The van der Waals surface area contributed by atoms with E-state index in [-0.39, 0.29) is 36.5 Å². The van der Waals surface area contributed by atoms with Gasteiger partial charge in [0, 0.05) is 18.4 Å². The molecule has 5 atom stereocenters. The molecule has 282 valence electrons. The number of carbonyl (C=O) groups is 4. The van der Waals surface area contributed by atoms with Gasteiger partial charge >= 0.3 is 0 Å². The van der Waals surface area contributed by atoms with Crippen LogP contribution in [0.25, 0.3) is 11.0 Å². The van der Waals surface area contributed by atoms with E-state index in [1.165, 1.54) is 29.2 Å². The fourth-order valence-corrected chi connectivity index (χ4v) is 8.53. The Morgan fingerprint density at radius 3 is 2.64 bits per heavy atom. The Bertz CT molecular complexity index is 2080. The third kappa shape index (κ3) is 7.78. The van der Waals surface area contributed by atoms with Crippen molar-refractivity contribution in [3.63, 3.8) is 0 Å². The summed E-state index contributed by atoms with van der Waals surface area (Å²) in [6, 6.07) is 5.04. The van der Waals surface area contributed by atoms with Crippen molar-refractivity contribution in [3.05, 3.63) is 65.5 Å². The summed E-state index contributed by atoms with van der Waals surface area (Å²) in [5, 5.41) is 5.01. The minimum absolute atomic E-state index is 0.0137. The number of carbonyl (C=O) groups excluding carboxylic acids is 4. The van der Waals surface area contributed by atoms with Gasteiger partial charge in [0.2, 0.25) is 27.7 Å². The topological polar surface area (TPSA) is 190 Å². The number of halogens is 1. The van der Waals surface area contributed by atoms with Crippen molar-refractivity contribution < 1.29 is 41.1 Å². The lowest BCUT2D eigenvalue weighted by atomic mass is 10.0. The summed E-state index contributed by atoms with van der Waals surface area (Å²) >= 11 is 0. The molecular weight excluding hydrogens is 708 g/mol. The third-order valence-electron chi connectivity index (χ3n) is 10.4. The number of rotatable bonds is 8. The highest BCUT2D eigenvalue weighted by atomic mass is 32.2. The van der Waals surface area contributed by atoms with Gasteiger partial charge in [-0.3, -0.25) is 23.9 Å². The molecule has 53 heavy (non-hydrogen) atoms. The molecule has 1 saturated heterocycles. The first-order valence-corrected chi connectivity index (χ1v) is 19.8. The van der Waals surface area contributed by atoms with Crippen molar-refractivity contribution in [2.75, 3.05) is 6.54 Å². The Labute approximate surface area is 306 Å². The maximum Gasteiger partial charge on any atom is 0.287 e. The number of amides is 4. The zero-order valence-electron chi connectivity index (χ0n) is 29.6. The third-order valence-corrected chi connectivity index (χ3v) is 12.2. The summed E-state index contributed by atoms with van der Waals surface area (Å²) in [4.78, 5) is 66.2. The molecule has 0 spiro atoms. The Balaban J connectivity index is 1.20. The van der Waals surface area contributed by atoms with Crippen molar-refractivity contribution in [2.24, 2.45) is 5.92 Å². The lowest BCUT2D eigenvalue weighted by Gasteiger charge is -2.29. The zero-order chi connectivity index (χ0) is 37.5. The summed E-state index contributed by atoms with van der Waals surface area (Å²) in [5.41, 5.74) is -0.271. The molecule has 0 radical (unpaired) electrons. The monoisotopic (exact) mass is 750 g/mol. The molecule has 7 rings (SSSR count). The molecule has 1 aromatic carbocycles. The molecule has 4 heterocycles. The van der Waals surface area contributed by atoms with E-state index >= 15 is 0 Å². The highest BCUT2D eigenvalue weighted by Gasteiger charge is 2.62. The van der Waals surface area contributed by atoms with Crippen LogP contribution in [-0.2, 0) is 30.8 Å². The smallest absolute Gasteiger partial charge is 0.287 e. The van der Waals surface area contributed by atoms with Crippen LogP contribution in [0.5, 0.6) is 5.88 Å². The standard InChI is InChI=1S/C37H43FN6O8S/c1-3-26-34(41-29-17-23(38)12-15-27(29)39-26)52-24-18-30-32(45)42-37(36(48)43-53(49,50)25-13-14-25)19-22(37)9-7-5-4-6-8-10-28(35(47)44(30)20-24)40-33(46)31-16-11-21(2)51-31/h7,9,11-12,15-17,22,24-25,28,30H,3-6,8,10,13-14,18-20H2,1-2H3,(H,40,46)(H,42,45)(H,43,48)/b9-7-/t22-,24-,28+,30+,37-/m1/s1. The van der Waals surface area contributed by atoms with E-state index in [2.05, 4.69) is 25.3 Å². The number of hydrogen-bond donors (Lipinski definition) is 3. The van der Waals surface area contributed by atoms with Crippen molar-refractivity contribution in [1.82, 2.24) is 30.2 Å². The zero-order valence-corrected chi connectivity index (χ0v) is 30.4. The molecule has 3 fully saturated rings. The number of sulfonamides is 1. The van der Waals surface area contributed by atoms with Crippen LogP contribution in [0.15, 0.2) is 46.9 Å². The van der Waals surface area contributed by atoms with Gasteiger partial charge < -0.3 is 24.7 Å². The van der Waals surface area contributed by atoms with Crippen LogP contribution in [0.2, 0.25) is 0 Å². The first-order chi connectivity index (χ1) is 25.4. The predicted molar refractivity (Wildman–Crippen MR) is 189 cm³/mol. The molecule has 0 unspecified atom stereocenters. The van der Waals surface area contributed by atoms with Crippen LogP contribution in [0.1, 0.15) is 86.7 Å². The molecule has 2 saturated carbocycles. The van der Waals surface area contributed by atoms with Crippen molar-refractivity contribution >= 4 is 44.7 Å². The minimum atomic E-state index is -3.91. The van der Waals surface area contributed by atoms with Gasteiger partial charge in [-0.25, -0.2) is 22.8 Å². The van der Waals surface area contributed by atoms with E-state index in [0.717, 1.165) is 12.8 Å². The fourth-order valence-electron chi connectivity index (χ4n) is 7.16. The number of benzene rings is 1. The van der Waals surface area contributed by atoms with Crippen molar-refractivity contribution in [3.8, 4) is 5.88 Å². The SMILES string of the molecule is CCc1nc2ccc(F)cc2nc1O[C@@H]1C[C@H]2C(=O)N[C@]3(C(=O)NS(=O)(=O)C4CC4)C[C@H]3/C=C\CCCCC[C@H](NC(=O)c3ccc(C)o3)C(=O)N2C1. The van der Waals surface area contributed by atoms with Crippen LogP contribution in [0.3, 0.4) is 0 Å². The minimum Gasteiger partial charge on any atom is -0.471 e. The molecule has 3 N–H and O–H groups in total. The number of nitrogens with one attached hydrogen (secondary N) is 3. The molecule has 4 aliphatic rings. The van der Waals surface area contributed by atoms with Crippen molar-refractivity contribution in [1.29, 1.82) is 0 Å². The average Bonchev–Trinajstić information content (AvgIpc) is 4.01. The van der Waals surface area contributed by atoms with Crippen LogP contribution < -0.4 is 20.1 Å². The summed E-state index contributed by atoms with van der Waals surface area (Å²) in [5.74, 6) is -2.82. The van der Waals surface area contributed by atoms with Crippen LogP contribution in [-0.4, -0.2) is 82.4 Å². The second-order valence-corrected chi connectivity index (χ2v) is 16.4. The molecule has 4 amide bonds. The lowest BCUT2D eigenvalue weighted by molar-refractivity contribution is -0.141. The average molecular weight is 751 g/mol. The largest absolute Gasteiger partial charge is 0.471 e. The van der Waals surface area contributed by atoms with Crippen LogP contribution in [0.4, 0.5) is 4.39 Å². The van der Waals surface area contributed by atoms with Gasteiger partial charge in [0.1, 0.15) is 41.0 Å². The second-order valence-electron chi connectivity index (χ2n) is 14.4. The molecule has 0 bridgehead atoms. The molecule has 2 aromatic heterocycles. The maximum absolute atomic E-state index is 14.5. The van der Waals surface area contributed by atoms with Gasteiger partial charge in [-0.2, -0.15) is 0 Å². The summed E-state index contributed by atoms with van der Waals surface area (Å²) in [7, 11) is -3.91. The molecular formula is C37H43FN6O8S. The van der Waals surface area contributed by atoms with Crippen LogP contribution in [0, 0.1) is 18.7 Å². The highest BCUT2D eigenvalue weighted by Crippen LogP contribution is 2.46. The second kappa shape index (κ2) is 14.5. The van der Waals surface area contributed by atoms with Gasteiger partial charge in [0.15, 0.2) is 5.76 Å². The normalized spacial score (nSPS) is 27.1. The van der Waals surface area contributed by atoms with Gasteiger partial charge in [-0.15, -0.1) is 0 Å². The van der Waals surface area contributed by atoms with Crippen molar-refractivity contribution in [2.45, 2.75) is 107 Å². The Kier molecular flexibility index (Phi) is 10.00. The lowest BCUT2D eigenvalue weighted by Crippen LogP contribution is -2.58. The van der Waals surface area contributed by atoms with E-state index in [9.17, 15) is 32.0 Å². The molecule has 14 nitrogen and oxygen atoms in total. The number of hydrogen-bond acceptors (Lipinski definition) is 10. The van der Waals surface area contributed by atoms with Crippen LogP contribution >= 0.6 is 0 Å². The van der Waals surface area contributed by atoms with Gasteiger partial charge in [0.25, 0.3) is 11.8 Å². The number of allylic oxidation sites excluding steroid dienone is 1. The van der Waals surface area contributed by atoms with E-state index in [1.807, 2.05) is 19.1 Å². The number of aryl methyl sites for hydroxylation is 2. The summed E-state index contributed by atoms with van der Waals surface area (Å²) in [6.45, 7) is 3.49. The van der Waals surface area contributed by atoms with E-state index in [1.54, 1.807) is 13.0 Å². The van der Waals surface area contributed by atoms with Gasteiger partial charge in [0.05, 0.1) is 22.8 Å². The maximum atomic E-state index is 14.5. The van der Waals surface area contributed by atoms with Gasteiger partial charge in [-0.1, -0.05) is 31.9 Å². The number of fused-ring (bicyclic) bond motifs is 3. The highest BCUT2D eigenvalue weighted by molar-refractivity contribution is 7.91. The summed E-state index contributed by atoms with van der Waals surface area (Å²) < 4.78 is 53.8. The quantitative estimate of drug-likeness (QED) is 0.288. The first kappa shape index (κ1) is 36.5.